The molecule has 4 nitrogen and oxygen atoms in total. The van der Waals surface area contributed by atoms with Crippen molar-refractivity contribution in [1.29, 1.82) is 0 Å². The van der Waals surface area contributed by atoms with Crippen molar-refractivity contribution in [3.8, 4) is 0 Å². The highest BCUT2D eigenvalue weighted by molar-refractivity contribution is 7.89. The fourth-order valence-electron chi connectivity index (χ4n) is 1.31. The van der Waals surface area contributed by atoms with E-state index in [0.717, 1.165) is 12.8 Å². The lowest BCUT2D eigenvalue weighted by molar-refractivity contribution is 0.0723. The van der Waals surface area contributed by atoms with E-state index in [9.17, 15) is 8.42 Å². The molecule has 0 amide bonds. The Kier molecular flexibility index (Phi) is 3.49. The molecule has 0 unspecified atom stereocenters. The van der Waals surface area contributed by atoms with Crippen molar-refractivity contribution >= 4 is 10.0 Å². The van der Waals surface area contributed by atoms with Crippen molar-refractivity contribution in [1.82, 2.24) is 4.72 Å². The summed E-state index contributed by atoms with van der Waals surface area (Å²) in [6.07, 6.45) is 1.72. The molecule has 0 saturated carbocycles. The van der Waals surface area contributed by atoms with Gasteiger partial charge in [-0.25, -0.2) is 13.1 Å². The van der Waals surface area contributed by atoms with Crippen LogP contribution in [0.4, 0.5) is 0 Å². The molecular formula is C7H15NO3S. The van der Waals surface area contributed by atoms with Gasteiger partial charge in [-0.15, -0.1) is 0 Å². The number of sulfonamides is 1. The molecule has 0 aromatic carbocycles. The minimum atomic E-state index is -3.02. The Morgan fingerprint density at radius 3 is 2.50 bits per heavy atom. The van der Waals surface area contributed by atoms with Gasteiger partial charge in [-0.05, 0) is 25.8 Å². The fraction of sp³-hybridized carbons (Fsp3) is 1.00. The Morgan fingerprint density at radius 1 is 1.42 bits per heavy atom. The summed E-state index contributed by atoms with van der Waals surface area (Å²) in [7, 11) is -1.57. The summed E-state index contributed by atoms with van der Waals surface area (Å²) in [6, 6.07) is 0. The van der Waals surface area contributed by atoms with E-state index >= 15 is 0 Å². The van der Waals surface area contributed by atoms with Crippen LogP contribution < -0.4 is 4.72 Å². The molecule has 0 aromatic heterocycles. The van der Waals surface area contributed by atoms with E-state index in [-0.39, 0.29) is 11.7 Å². The third kappa shape index (κ3) is 3.08. The van der Waals surface area contributed by atoms with Gasteiger partial charge < -0.3 is 4.74 Å². The van der Waals surface area contributed by atoms with Crippen molar-refractivity contribution < 1.29 is 13.2 Å². The molecular weight excluding hydrogens is 178 g/mol. The minimum absolute atomic E-state index is 0.243. The molecule has 1 fully saturated rings. The highest BCUT2D eigenvalue weighted by Crippen LogP contribution is 2.15. The topological polar surface area (TPSA) is 55.4 Å². The van der Waals surface area contributed by atoms with Crippen LogP contribution in [0.2, 0.25) is 0 Å². The number of ether oxygens (including phenoxy) is 1. The van der Waals surface area contributed by atoms with Gasteiger partial charge in [0.05, 0.1) is 5.75 Å². The summed E-state index contributed by atoms with van der Waals surface area (Å²) in [5.41, 5.74) is 0. The zero-order valence-corrected chi connectivity index (χ0v) is 8.06. The van der Waals surface area contributed by atoms with E-state index in [4.69, 9.17) is 4.74 Å². The molecule has 1 N–H and O–H groups in total. The van der Waals surface area contributed by atoms with E-state index in [1.807, 2.05) is 0 Å². The van der Waals surface area contributed by atoms with Gasteiger partial charge in [0.15, 0.2) is 0 Å². The zero-order valence-electron chi connectivity index (χ0n) is 7.25. The normalized spacial score (nSPS) is 21.1. The average Bonchev–Trinajstić information content (AvgIpc) is 2.06. The standard InChI is InChI=1S/C7H15NO3S/c1-8-12(9,10)6-7-2-4-11-5-3-7/h7-8H,2-6H2,1H3. The smallest absolute Gasteiger partial charge is 0.211 e. The van der Waals surface area contributed by atoms with Crippen LogP contribution in [-0.4, -0.2) is 34.4 Å². The van der Waals surface area contributed by atoms with Crippen LogP contribution in [0.15, 0.2) is 0 Å². The van der Waals surface area contributed by atoms with Gasteiger partial charge in [-0.1, -0.05) is 0 Å². The van der Waals surface area contributed by atoms with Gasteiger partial charge >= 0.3 is 0 Å². The SMILES string of the molecule is CNS(=O)(=O)CC1CCOCC1. The first-order valence-corrected chi connectivity index (χ1v) is 5.78. The number of hydrogen-bond acceptors (Lipinski definition) is 3. The Bertz CT molecular complexity index is 219. The highest BCUT2D eigenvalue weighted by atomic mass is 32.2. The summed E-state index contributed by atoms with van der Waals surface area (Å²) >= 11 is 0. The first-order valence-electron chi connectivity index (χ1n) is 4.13. The van der Waals surface area contributed by atoms with Gasteiger partial charge in [-0.3, -0.25) is 0 Å². The lowest BCUT2D eigenvalue weighted by Gasteiger charge is -2.21. The molecule has 1 aliphatic rings. The maximum absolute atomic E-state index is 11.1. The average molecular weight is 193 g/mol. The number of rotatable bonds is 3. The summed E-state index contributed by atoms with van der Waals surface area (Å²) in [4.78, 5) is 0. The monoisotopic (exact) mass is 193 g/mol. The van der Waals surface area contributed by atoms with Crippen LogP contribution in [0.25, 0.3) is 0 Å². The number of hydrogen-bond donors (Lipinski definition) is 1. The maximum Gasteiger partial charge on any atom is 0.211 e. The maximum atomic E-state index is 11.1. The molecule has 0 aliphatic carbocycles. The zero-order chi connectivity index (χ0) is 9.03. The molecule has 1 aliphatic heterocycles. The largest absolute Gasteiger partial charge is 0.381 e. The molecule has 1 rings (SSSR count). The second kappa shape index (κ2) is 4.20. The molecule has 1 heterocycles. The summed E-state index contributed by atoms with van der Waals surface area (Å²) < 4.78 is 29.7. The van der Waals surface area contributed by atoms with Gasteiger partial charge in [0.1, 0.15) is 0 Å². The van der Waals surface area contributed by atoms with Crippen LogP contribution in [0.5, 0.6) is 0 Å². The molecule has 0 atom stereocenters. The Hall–Kier alpha value is -0.130. The van der Waals surface area contributed by atoms with Gasteiger partial charge in [-0.2, -0.15) is 0 Å². The van der Waals surface area contributed by atoms with Crippen molar-refractivity contribution in [3.63, 3.8) is 0 Å². The predicted molar refractivity (Wildman–Crippen MR) is 46.4 cm³/mol. The van der Waals surface area contributed by atoms with E-state index < -0.39 is 10.0 Å². The molecule has 0 bridgehead atoms. The molecule has 0 aromatic rings. The Morgan fingerprint density at radius 2 is 2.00 bits per heavy atom. The van der Waals surface area contributed by atoms with Crippen molar-refractivity contribution in [2.75, 3.05) is 26.0 Å². The third-order valence-electron chi connectivity index (χ3n) is 2.11. The summed E-state index contributed by atoms with van der Waals surface area (Å²) in [5.74, 6) is 0.517. The molecule has 72 valence electrons. The first kappa shape index (κ1) is 9.95. The van der Waals surface area contributed by atoms with E-state index in [1.54, 1.807) is 0 Å². The Labute approximate surface area is 73.3 Å². The molecule has 0 spiro atoms. The third-order valence-corrected chi connectivity index (χ3v) is 3.64. The highest BCUT2D eigenvalue weighted by Gasteiger charge is 2.19. The molecule has 1 saturated heterocycles. The van der Waals surface area contributed by atoms with Crippen LogP contribution in [0.3, 0.4) is 0 Å². The second-order valence-electron chi connectivity index (χ2n) is 3.04. The van der Waals surface area contributed by atoms with Crippen LogP contribution in [-0.2, 0) is 14.8 Å². The van der Waals surface area contributed by atoms with E-state index in [1.165, 1.54) is 7.05 Å². The van der Waals surface area contributed by atoms with Gasteiger partial charge in [0.25, 0.3) is 0 Å². The Balaban J connectivity index is 2.39. The van der Waals surface area contributed by atoms with Crippen LogP contribution in [0, 0.1) is 5.92 Å². The minimum Gasteiger partial charge on any atom is -0.381 e. The molecule has 12 heavy (non-hydrogen) atoms. The van der Waals surface area contributed by atoms with Gasteiger partial charge in [0, 0.05) is 13.2 Å². The second-order valence-corrected chi connectivity index (χ2v) is 5.01. The molecule has 5 heteroatoms. The first-order chi connectivity index (χ1) is 5.64. The fourth-order valence-corrected chi connectivity index (χ4v) is 2.43. The van der Waals surface area contributed by atoms with E-state index in [2.05, 4.69) is 4.72 Å². The molecule has 0 radical (unpaired) electrons. The van der Waals surface area contributed by atoms with Crippen LogP contribution in [0.1, 0.15) is 12.8 Å². The van der Waals surface area contributed by atoms with E-state index in [0.29, 0.717) is 13.2 Å². The number of nitrogens with one attached hydrogen (secondary N) is 1. The van der Waals surface area contributed by atoms with Crippen molar-refractivity contribution in [2.24, 2.45) is 5.92 Å². The summed E-state index contributed by atoms with van der Waals surface area (Å²) in [5, 5.41) is 0. The van der Waals surface area contributed by atoms with Gasteiger partial charge in [0.2, 0.25) is 10.0 Å². The predicted octanol–water partition coefficient (Wildman–Crippen LogP) is -0.0378. The summed E-state index contributed by atoms with van der Waals surface area (Å²) in [6.45, 7) is 1.40. The lowest BCUT2D eigenvalue weighted by Crippen LogP contribution is -2.29. The quantitative estimate of drug-likeness (QED) is 0.684. The lowest BCUT2D eigenvalue weighted by atomic mass is 10.0. The van der Waals surface area contributed by atoms with Crippen molar-refractivity contribution in [3.05, 3.63) is 0 Å². The van der Waals surface area contributed by atoms with Crippen LogP contribution >= 0.6 is 0 Å². The van der Waals surface area contributed by atoms with Crippen molar-refractivity contribution in [2.45, 2.75) is 12.8 Å².